The van der Waals surface area contributed by atoms with E-state index in [-0.39, 0.29) is 30.6 Å². The third-order valence-corrected chi connectivity index (χ3v) is 3.05. The smallest absolute Gasteiger partial charge is 0.191 e. The van der Waals surface area contributed by atoms with Crippen LogP contribution < -0.4 is 20.1 Å². The highest BCUT2D eigenvalue weighted by atomic mass is 127. The molecule has 7 heteroatoms. The highest BCUT2D eigenvalue weighted by molar-refractivity contribution is 14.0. The van der Waals surface area contributed by atoms with Crippen LogP contribution in [0.3, 0.4) is 0 Å². The molecule has 0 saturated heterocycles. The van der Waals surface area contributed by atoms with Gasteiger partial charge in [0.15, 0.2) is 17.5 Å². The van der Waals surface area contributed by atoms with Crippen molar-refractivity contribution < 1.29 is 14.2 Å². The summed E-state index contributed by atoms with van der Waals surface area (Å²) in [5.74, 6) is 4.47. The van der Waals surface area contributed by atoms with E-state index in [9.17, 15) is 0 Å². The molecule has 0 fully saturated rings. The lowest BCUT2D eigenvalue weighted by molar-refractivity contribution is 0.152. The van der Waals surface area contributed by atoms with Crippen molar-refractivity contribution in [1.29, 1.82) is 0 Å². The summed E-state index contributed by atoms with van der Waals surface area (Å²) in [6, 6.07) is 5.70. The molecular formula is C18H28IN3O3. The Bertz CT molecular complexity index is 559. The lowest BCUT2D eigenvalue weighted by Crippen LogP contribution is -2.39. The number of benzene rings is 1. The van der Waals surface area contributed by atoms with Gasteiger partial charge in [0.05, 0.1) is 20.3 Å². The van der Waals surface area contributed by atoms with Gasteiger partial charge in [-0.25, -0.2) is 4.99 Å². The van der Waals surface area contributed by atoms with Crippen LogP contribution in [0.1, 0.15) is 19.4 Å². The molecule has 25 heavy (non-hydrogen) atoms. The van der Waals surface area contributed by atoms with Gasteiger partial charge in [0, 0.05) is 19.7 Å². The first-order valence-electron chi connectivity index (χ1n) is 8.08. The lowest BCUT2D eigenvalue weighted by atomic mass is 10.2. The van der Waals surface area contributed by atoms with E-state index < -0.39 is 0 Å². The number of halogens is 1. The molecule has 0 aliphatic rings. The van der Waals surface area contributed by atoms with Gasteiger partial charge in [0.25, 0.3) is 0 Å². The van der Waals surface area contributed by atoms with Gasteiger partial charge in [-0.3, -0.25) is 0 Å². The summed E-state index contributed by atoms with van der Waals surface area (Å²) in [5.41, 5.74) is 1.00. The normalized spacial score (nSPS) is 10.4. The maximum absolute atomic E-state index is 5.51. The Balaban J connectivity index is 0.00000576. The SMILES string of the molecule is C#CCOc1cc(CN=C(NCC)NCCOCC)ccc1OC.I. The first-order chi connectivity index (χ1) is 11.7. The van der Waals surface area contributed by atoms with E-state index in [1.807, 2.05) is 32.0 Å². The fourth-order valence-electron chi connectivity index (χ4n) is 1.95. The molecule has 0 heterocycles. The molecule has 2 N–H and O–H groups in total. The maximum Gasteiger partial charge on any atom is 0.191 e. The highest BCUT2D eigenvalue weighted by Crippen LogP contribution is 2.28. The van der Waals surface area contributed by atoms with Crippen LogP contribution >= 0.6 is 24.0 Å². The number of guanidine groups is 1. The van der Waals surface area contributed by atoms with Crippen LogP contribution in [0.2, 0.25) is 0 Å². The van der Waals surface area contributed by atoms with E-state index in [1.54, 1.807) is 7.11 Å². The monoisotopic (exact) mass is 461 g/mol. The average molecular weight is 461 g/mol. The van der Waals surface area contributed by atoms with Gasteiger partial charge in [-0.15, -0.1) is 30.4 Å². The van der Waals surface area contributed by atoms with E-state index in [1.165, 1.54) is 0 Å². The summed E-state index contributed by atoms with van der Waals surface area (Å²) in [5, 5.41) is 6.43. The fraction of sp³-hybridized carbons (Fsp3) is 0.500. The molecule has 1 aromatic carbocycles. The zero-order valence-electron chi connectivity index (χ0n) is 15.1. The molecule has 0 aromatic heterocycles. The van der Waals surface area contributed by atoms with Crippen LogP contribution in [0, 0.1) is 12.3 Å². The number of hydrogen-bond acceptors (Lipinski definition) is 4. The molecule has 0 aliphatic heterocycles. The topological polar surface area (TPSA) is 64.1 Å². The predicted octanol–water partition coefficient (Wildman–Crippen LogP) is 2.42. The number of hydrogen-bond donors (Lipinski definition) is 2. The minimum absolute atomic E-state index is 0. The Hall–Kier alpha value is -1.66. The summed E-state index contributed by atoms with van der Waals surface area (Å²) in [7, 11) is 1.60. The number of aliphatic imine (C=N–C) groups is 1. The van der Waals surface area contributed by atoms with Crippen molar-refractivity contribution in [2.24, 2.45) is 4.99 Å². The molecule has 0 spiro atoms. The van der Waals surface area contributed by atoms with Gasteiger partial charge in [-0.05, 0) is 31.5 Å². The van der Waals surface area contributed by atoms with Crippen LogP contribution in [0.15, 0.2) is 23.2 Å². The molecule has 0 unspecified atom stereocenters. The number of terminal acetylenes is 1. The molecule has 0 radical (unpaired) electrons. The van der Waals surface area contributed by atoms with E-state index in [0.717, 1.165) is 18.1 Å². The van der Waals surface area contributed by atoms with E-state index in [0.29, 0.717) is 37.8 Å². The summed E-state index contributed by atoms with van der Waals surface area (Å²) < 4.78 is 16.1. The Kier molecular flexibility index (Phi) is 13.7. The Morgan fingerprint density at radius 3 is 2.68 bits per heavy atom. The average Bonchev–Trinajstić information content (AvgIpc) is 2.61. The standard InChI is InChI=1S/C18H27N3O3.HI/c1-5-11-24-17-13-15(8-9-16(17)22-4)14-21-18(19-6-2)20-10-12-23-7-3;/h1,8-9,13H,6-7,10-12,14H2,2-4H3,(H2,19,20,21);1H. The molecule has 0 amide bonds. The number of ether oxygens (including phenoxy) is 3. The van der Waals surface area contributed by atoms with E-state index in [4.69, 9.17) is 20.6 Å². The molecular weight excluding hydrogens is 433 g/mol. The van der Waals surface area contributed by atoms with E-state index in [2.05, 4.69) is 21.5 Å². The molecule has 0 bridgehead atoms. The zero-order chi connectivity index (χ0) is 17.6. The number of nitrogens with one attached hydrogen (secondary N) is 2. The quantitative estimate of drug-likeness (QED) is 0.184. The molecule has 1 aromatic rings. The summed E-state index contributed by atoms with van der Waals surface area (Å²) >= 11 is 0. The second-order valence-corrected chi connectivity index (χ2v) is 4.80. The van der Waals surface area contributed by atoms with Crippen molar-refractivity contribution in [3.8, 4) is 23.8 Å². The number of nitrogens with zero attached hydrogens (tertiary/aromatic N) is 1. The van der Waals surface area contributed by atoms with Gasteiger partial charge >= 0.3 is 0 Å². The van der Waals surface area contributed by atoms with Crippen LogP contribution in [0.5, 0.6) is 11.5 Å². The Labute approximate surface area is 167 Å². The Morgan fingerprint density at radius 1 is 1.24 bits per heavy atom. The second-order valence-electron chi connectivity index (χ2n) is 4.80. The van der Waals surface area contributed by atoms with Gasteiger partial charge in [-0.1, -0.05) is 12.0 Å². The molecule has 0 aliphatic carbocycles. The lowest BCUT2D eigenvalue weighted by Gasteiger charge is -2.12. The van der Waals surface area contributed by atoms with Crippen LogP contribution in [-0.2, 0) is 11.3 Å². The Morgan fingerprint density at radius 2 is 2.04 bits per heavy atom. The minimum Gasteiger partial charge on any atom is -0.493 e. The highest BCUT2D eigenvalue weighted by Gasteiger charge is 2.06. The fourth-order valence-corrected chi connectivity index (χ4v) is 1.95. The molecule has 1 rings (SSSR count). The van der Waals surface area contributed by atoms with Crippen LogP contribution in [0.25, 0.3) is 0 Å². The van der Waals surface area contributed by atoms with Gasteiger partial charge < -0.3 is 24.8 Å². The van der Waals surface area contributed by atoms with Crippen molar-refractivity contribution in [1.82, 2.24) is 10.6 Å². The number of rotatable bonds is 10. The van der Waals surface area contributed by atoms with Crippen molar-refractivity contribution in [3.63, 3.8) is 0 Å². The van der Waals surface area contributed by atoms with Crippen molar-refractivity contribution in [3.05, 3.63) is 23.8 Å². The maximum atomic E-state index is 5.51. The molecule has 140 valence electrons. The van der Waals surface area contributed by atoms with Crippen LogP contribution in [0.4, 0.5) is 0 Å². The third kappa shape index (κ3) is 9.41. The molecule has 0 atom stereocenters. The van der Waals surface area contributed by atoms with Crippen molar-refractivity contribution >= 4 is 29.9 Å². The van der Waals surface area contributed by atoms with Gasteiger partial charge in [0.2, 0.25) is 0 Å². The van der Waals surface area contributed by atoms with Crippen molar-refractivity contribution in [2.75, 3.05) is 40.0 Å². The largest absolute Gasteiger partial charge is 0.493 e. The van der Waals surface area contributed by atoms with Gasteiger partial charge in [0.1, 0.15) is 6.61 Å². The predicted molar refractivity (Wildman–Crippen MR) is 112 cm³/mol. The van der Waals surface area contributed by atoms with Crippen molar-refractivity contribution in [2.45, 2.75) is 20.4 Å². The summed E-state index contributed by atoms with van der Waals surface area (Å²) in [4.78, 5) is 4.56. The molecule has 0 saturated carbocycles. The first kappa shape index (κ1) is 23.3. The second kappa shape index (κ2) is 14.7. The van der Waals surface area contributed by atoms with E-state index >= 15 is 0 Å². The van der Waals surface area contributed by atoms with Gasteiger partial charge in [-0.2, -0.15) is 0 Å². The number of methoxy groups -OCH3 is 1. The molecule has 6 nitrogen and oxygen atoms in total. The third-order valence-electron chi connectivity index (χ3n) is 3.05. The van der Waals surface area contributed by atoms with Crippen LogP contribution in [-0.4, -0.2) is 46.0 Å². The minimum atomic E-state index is 0. The summed E-state index contributed by atoms with van der Waals surface area (Å²) in [6.45, 7) is 7.57. The first-order valence-corrected chi connectivity index (χ1v) is 8.08. The summed E-state index contributed by atoms with van der Waals surface area (Å²) in [6.07, 6.45) is 5.24. The zero-order valence-corrected chi connectivity index (χ0v) is 17.5.